The number of amides is 2. The highest BCUT2D eigenvalue weighted by Crippen LogP contribution is 2.45. The van der Waals surface area contributed by atoms with Gasteiger partial charge in [-0.3, -0.25) is 14.7 Å². The number of hydrogen-bond donors (Lipinski definition) is 2. The molecule has 2 aromatic rings. The summed E-state index contributed by atoms with van der Waals surface area (Å²) in [6, 6.07) is 10.6. The number of aromatic amines is 1. The molecule has 0 saturated heterocycles. The van der Waals surface area contributed by atoms with Crippen LogP contribution in [0.3, 0.4) is 0 Å². The Morgan fingerprint density at radius 3 is 2.61 bits per heavy atom. The van der Waals surface area contributed by atoms with E-state index in [0.29, 0.717) is 38.0 Å². The third-order valence-electron chi connectivity index (χ3n) is 9.70. The first-order chi connectivity index (χ1) is 18.5. The Hall–Kier alpha value is -3.34. The van der Waals surface area contributed by atoms with Crippen LogP contribution in [0, 0.1) is 17.2 Å². The van der Waals surface area contributed by atoms with Gasteiger partial charge in [0.1, 0.15) is 5.54 Å². The summed E-state index contributed by atoms with van der Waals surface area (Å²) in [5, 5.41) is 20.5. The zero-order chi connectivity index (χ0) is 26.3. The second-order valence-electron chi connectivity index (χ2n) is 11.9. The minimum atomic E-state index is -0.645. The van der Waals surface area contributed by atoms with Gasteiger partial charge in [-0.2, -0.15) is 10.4 Å². The molecule has 2 amide bonds. The summed E-state index contributed by atoms with van der Waals surface area (Å²) in [6.07, 6.45) is 11.6. The van der Waals surface area contributed by atoms with E-state index in [9.17, 15) is 14.9 Å². The molecule has 1 aromatic carbocycles. The number of nitrogens with one attached hydrogen (secondary N) is 2. The third kappa shape index (κ3) is 4.16. The molecular formula is C30H38N6O2. The Morgan fingerprint density at radius 1 is 1.16 bits per heavy atom. The first-order valence-electron chi connectivity index (χ1n) is 14.3. The van der Waals surface area contributed by atoms with Crippen LogP contribution in [0.4, 0.5) is 5.69 Å². The first kappa shape index (κ1) is 25.0. The maximum atomic E-state index is 14.6. The maximum Gasteiger partial charge on any atom is 0.274 e. The fourth-order valence-corrected chi connectivity index (χ4v) is 7.10. The van der Waals surface area contributed by atoms with E-state index in [1.165, 1.54) is 37.7 Å². The second-order valence-corrected chi connectivity index (χ2v) is 11.9. The average molecular weight is 515 g/mol. The molecule has 2 aliphatic carbocycles. The molecule has 0 bridgehead atoms. The van der Waals surface area contributed by atoms with Crippen molar-refractivity contribution in [3.63, 3.8) is 0 Å². The van der Waals surface area contributed by atoms with E-state index in [4.69, 9.17) is 0 Å². The maximum absolute atomic E-state index is 14.6. The van der Waals surface area contributed by atoms with Crippen LogP contribution in [0.5, 0.6) is 0 Å². The summed E-state index contributed by atoms with van der Waals surface area (Å²) in [4.78, 5) is 31.8. The molecule has 0 spiro atoms. The number of benzene rings is 1. The quantitative estimate of drug-likeness (QED) is 0.608. The molecule has 2 N–H and O–H groups in total. The zero-order valence-corrected chi connectivity index (χ0v) is 22.4. The standard InChI is InChI=1S/C30H38N6O2/c1-35(29(14-15-29)16-17-31)27(37)26-23-20-36(18-13-25(23)33-34-26)28(38)30(22-10-5-3-2-4-6-11-22)19-21-9-7-8-12-24(21)32-30/h7-9,12,22,32H,2-6,10-11,13-16,18-20H2,1H3,(H,33,34). The lowest BCUT2D eigenvalue weighted by atomic mass is 9.73. The third-order valence-corrected chi connectivity index (χ3v) is 9.70. The smallest absolute Gasteiger partial charge is 0.274 e. The van der Waals surface area contributed by atoms with Gasteiger partial charge in [0.25, 0.3) is 5.91 Å². The SMILES string of the molecule is CN(C(=O)c1n[nH]c2c1CN(C(=O)C1(C3CCCCCCC3)Cc3ccccc3N1)CC2)C1(CC#N)CC1. The van der Waals surface area contributed by atoms with Crippen molar-refractivity contribution in [2.45, 2.75) is 94.7 Å². The Balaban J connectivity index is 1.28. The monoisotopic (exact) mass is 514 g/mol. The molecule has 2 fully saturated rings. The number of anilines is 1. The average Bonchev–Trinajstić information content (AvgIpc) is 3.40. The molecule has 8 heteroatoms. The van der Waals surface area contributed by atoms with E-state index in [1.54, 1.807) is 11.9 Å². The minimum absolute atomic E-state index is 0.154. The molecule has 0 radical (unpaired) electrons. The summed E-state index contributed by atoms with van der Waals surface area (Å²) in [6.45, 7) is 1.000. The molecule has 2 saturated carbocycles. The molecule has 200 valence electrons. The van der Waals surface area contributed by atoms with Crippen LogP contribution in [0.2, 0.25) is 0 Å². The number of fused-ring (bicyclic) bond motifs is 2. The van der Waals surface area contributed by atoms with Gasteiger partial charge in [0.2, 0.25) is 5.91 Å². The van der Waals surface area contributed by atoms with Crippen molar-refractivity contribution in [3.05, 3.63) is 46.8 Å². The van der Waals surface area contributed by atoms with Gasteiger partial charge in [-0.15, -0.1) is 0 Å². The Morgan fingerprint density at radius 2 is 1.89 bits per heavy atom. The van der Waals surface area contributed by atoms with E-state index < -0.39 is 5.54 Å². The molecule has 1 unspecified atom stereocenters. The largest absolute Gasteiger partial charge is 0.370 e. The van der Waals surface area contributed by atoms with Crippen molar-refractivity contribution in [3.8, 4) is 6.07 Å². The van der Waals surface area contributed by atoms with Gasteiger partial charge in [-0.25, -0.2) is 0 Å². The number of rotatable bonds is 5. The van der Waals surface area contributed by atoms with Crippen LogP contribution >= 0.6 is 0 Å². The predicted octanol–water partition coefficient (Wildman–Crippen LogP) is 4.58. The van der Waals surface area contributed by atoms with Crippen LogP contribution in [0.25, 0.3) is 0 Å². The van der Waals surface area contributed by atoms with E-state index in [1.807, 2.05) is 11.0 Å². The van der Waals surface area contributed by atoms with E-state index in [-0.39, 0.29) is 23.3 Å². The molecule has 1 atom stereocenters. The van der Waals surface area contributed by atoms with Gasteiger partial charge in [0.05, 0.1) is 18.0 Å². The second kappa shape index (κ2) is 9.76. The van der Waals surface area contributed by atoms with Crippen LogP contribution in [-0.4, -0.2) is 56.5 Å². The van der Waals surface area contributed by atoms with Crippen molar-refractivity contribution >= 4 is 17.5 Å². The van der Waals surface area contributed by atoms with E-state index in [0.717, 1.165) is 42.6 Å². The number of para-hydroxylation sites is 1. The van der Waals surface area contributed by atoms with E-state index in [2.05, 4.69) is 39.8 Å². The molecular weight excluding hydrogens is 476 g/mol. The van der Waals surface area contributed by atoms with Crippen molar-refractivity contribution in [1.29, 1.82) is 5.26 Å². The molecule has 1 aromatic heterocycles. The van der Waals surface area contributed by atoms with Crippen molar-refractivity contribution < 1.29 is 9.59 Å². The van der Waals surface area contributed by atoms with Gasteiger partial charge in [0.15, 0.2) is 5.69 Å². The number of carbonyl (C=O) groups excluding carboxylic acids is 2. The molecule has 2 aliphatic heterocycles. The van der Waals surface area contributed by atoms with Crippen LogP contribution < -0.4 is 5.32 Å². The molecule has 38 heavy (non-hydrogen) atoms. The zero-order valence-electron chi connectivity index (χ0n) is 22.4. The lowest BCUT2D eigenvalue weighted by molar-refractivity contribution is -0.139. The highest BCUT2D eigenvalue weighted by Gasteiger charge is 2.52. The van der Waals surface area contributed by atoms with Gasteiger partial charge < -0.3 is 15.1 Å². The summed E-state index contributed by atoms with van der Waals surface area (Å²) in [5.41, 5.74) is 3.45. The summed E-state index contributed by atoms with van der Waals surface area (Å²) in [5.74, 6) is 0.271. The Labute approximate surface area is 224 Å². The normalized spacial score (nSPS) is 24.3. The van der Waals surface area contributed by atoms with Gasteiger partial charge >= 0.3 is 0 Å². The highest BCUT2D eigenvalue weighted by molar-refractivity contribution is 5.96. The van der Waals surface area contributed by atoms with E-state index >= 15 is 0 Å². The Kier molecular flexibility index (Phi) is 6.41. The molecule has 8 nitrogen and oxygen atoms in total. The topological polar surface area (TPSA) is 105 Å². The number of hydrogen-bond acceptors (Lipinski definition) is 5. The fraction of sp³-hybridized carbons (Fsp3) is 0.600. The number of nitrogens with zero attached hydrogens (tertiary/aromatic N) is 4. The van der Waals surface area contributed by atoms with Crippen LogP contribution in [0.1, 0.15) is 91.5 Å². The first-order valence-corrected chi connectivity index (χ1v) is 14.3. The number of carbonyl (C=O) groups is 2. The number of nitriles is 1. The van der Waals surface area contributed by atoms with Crippen molar-refractivity contribution in [2.24, 2.45) is 5.92 Å². The number of aromatic nitrogens is 2. The lowest BCUT2D eigenvalue weighted by Crippen LogP contribution is -2.58. The van der Waals surface area contributed by atoms with Crippen molar-refractivity contribution in [1.82, 2.24) is 20.0 Å². The number of H-pyrrole nitrogens is 1. The lowest BCUT2D eigenvalue weighted by Gasteiger charge is -2.42. The molecule has 4 aliphatic rings. The predicted molar refractivity (Wildman–Crippen MR) is 144 cm³/mol. The van der Waals surface area contributed by atoms with Crippen LogP contribution in [-0.2, 0) is 24.2 Å². The summed E-state index contributed by atoms with van der Waals surface area (Å²) >= 11 is 0. The van der Waals surface area contributed by atoms with Gasteiger partial charge in [0, 0.05) is 49.9 Å². The summed E-state index contributed by atoms with van der Waals surface area (Å²) < 4.78 is 0. The fourth-order valence-electron chi connectivity index (χ4n) is 7.10. The highest BCUT2D eigenvalue weighted by atomic mass is 16.2. The minimum Gasteiger partial charge on any atom is -0.370 e. The van der Waals surface area contributed by atoms with Crippen LogP contribution in [0.15, 0.2) is 24.3 Å². The van der Waals surface area contributed by atoms with Gasteiger partial charge in [-0.05, 0) is 43.2 Å². The molecule has 3 heterocycles. The van der Waals surface area contributed by atoms with Crippen molar-refractivity contribution in [2.75, 3.05) is 18.9 Å². The summed E-state index contributed by atoms with van der Waals surface area (Å²) in [7, 11) is 1.78. The molecule has 6 rings (SSSR count). The Bertz CT molecular complexity index is 1240. The van der Waals surface area contributed by atoms with Gasteiger partial charge in [-0.1, -0.05) is 50.3 Å².